The molecule has 0 saturated heterocycles. The molecule has 1 aromatic carbocycles. The number of hydrogen-bond acceptors (Lipinski definition) is 5. The van der Waals surface area contributed by atoms with Crippen LogP contribution in [0.1, 0.15) is 17.3 Å². The number of carbonyl (C=O) groups excluding carboxylic acids is 1. The number of nitrogens with zero attached hydrogens (tertiary/aromatic N) is 2. The smallest absolute Gasteiger partial charge is 0.251 e. The second-order valence-corrected chi connectivity index (χ2v) is 5.56. The zero-order valence-corrected chi connectivity index (χ0v) is 12.2. The number of amides is 1. The van der Waals surface area contributed by atoms with E-state index in [4.69, 9.17) is 0 Å². The molecule has 2 unspecified atom stereocenters. The van der Waals surface area contributed by atoms with E-state index in [1.165, 1.54) is 11.8 Å². The van der Waals surface area contributed by atoms with Crippen molar-refractivity contribution in [3.05, 3.63) is 36.2 Å². The Bertz CT molecular complexity index is 602. The maximum absolute atomic E-state index is 12.2. The molecular weight excluding hydrogens is 274 g/mol. The normalized spacial score (nSPS) is 13.9. The molecule has 2 atom stereocenters. The summed E-state index contributed by atoms with van der Waals surface area (Å²) in [5.74, 6) is -0.169. The van der Waals surface area contributed by atoms with E-state index in [1.54, 1.807) is 30.6 Å². The molecule has 1 aromatic heterocycles. The van der Waals surface area contributed by atoms with Gasteiger partial charge in [0, 0.05) is 29.2 Å². The first kappa shape index (κ1) is 14.7. The highest BCUT2D eigenvalue weighted by Crippen LogP contribution is 2.13. The maximum atomic E-state index is 12.2. The van der Waals surface area contributed by atoms with Gasteiger partial charge < -0.3 is 10.4 Å². The predicted octanol–water partition coefficient (Wildman–Crippen LogP) is 1.47. The molecule has 1 heterocycles. The van der Waals surface area contributed by atoms with E-state index in [-0.39, 0.29) is 23.8 Å². The zero-order valence-electron chi connectivity index (χ0n) is 11.4. The molecule has 6 heteroatoms. The number of aliphatic hydroxyl groups excluding tert-OH is 1. The summed E-state index contributed by atoms with van der Waals surface area (Å²) < 4.78 is 0. The molecule has 0 spiro atoms. The number of carbonyl (C=O) groups is 1. The largest absolute Gasteiger partial charge is 0.395 e. The zero-order chi connectivity index (χ0) is 14.5. The van der Waals surface area contributed by atoms with Gasteiger partial charge in [0.2, 0.25) is 0 Å². The number of benzene rings is 1. The van der Waals surface area contributed by atoms with Gasteiger partial charge in [-0.25, -0.2) is 0 Å². The highest BCUT2D eigenvalue weighted by atomic mass is 32.2. The molecule has 2 rings (SSSR count). The van der Waals surface area contributed by atoms with Gasteiger partial charge in [0.1, 0.15) is 0 Å². The average molecular weight is 291 g/mol. The third kappa shape index (κ3) is 3.26. The van der Waals surface area contributed by atoms with E-state index in [2.05, 4.69) is 15.3 Å². The van der Waals surface area contributed by atoms with Gasteiger partial charge in [0.05, 0.1) is 17.6 Å². The molecule has 0 saturated carbocycles. The van der Waals surface area contributed by atoms with Crippen molar-refractivity contribution in [1.82, 2.24) is 15.3 Å². The lowest BCUT2D eigenvalue weighted by molar-refractivity contribution is 0.0936. The fourth-order valence-electron chi connectivity index (χ4n) is 1.92. The highest BCUT2D eigenvalue weighted by Gasteiger charge is 2.18. The van der Waals surface area contributed by atoms with Crippen LogP contribution in [0.5, 0.6) is 0 Å². The summed E-state index contributed by atoms with van der Waals surface area (Å²) >= 11 is 1.53. The van der Waals surface area contributed by atoms with Crippen LogP contribution in [0.2, 0.25) is 0 Å². The summed E-state index contributed by atoms with van der Waals surface area (Å²) in [4.78, 5) is 20.5. The van der Waals surface area contributed by atoms with Crippen molar-refractivity contribution in [2.45, 2.75) is 18.2 Å². The van der Waals surface area contributed by atoms with Crippen LogP contribution >= 0.6 is 11.8 Å². The third-order valence-corrected chi connectivity index (χ3v) is 4.29. The molecule has 0 bridgehead atoms. The van der Waals surface area contributed by atoms with E-state index in [9.17, 15) is 9.90 Å². The summed E-state index contributed by atoms with van der Waals surface area (Å²) in [5.41, 5.74) is 1.99. The Morgan fingerprint density at radius 3 is 2.70 bits per heavy atom. The summed E-state index contributed by atoms with van der Waals surface area (Å²) in [6.45, 7) is 1.92. The second kappa shape index (κ2) is 6.67. The Balaban J connectivity index is 2.15. The molecule has 5 nitrogen and oxygen atoms in total. The molecular formula is C14H17N3O2S. The first-order valence-corrected chi connectivity index (χ1v) is 7.59. The van der Waals surface area contributed by atoms with Crippen LogP contribution in [0.4, 0.5) is 0 Å². The molecule has 0 aliphatic rings. The molecule has 1 amide bonds. The van der Waals surface area contributed by atoms with Crippen molar-refractivity contribution in [2.24, 2.45) is 0 Å². The van der Waals surface area contributed by atoms with Gasteiger partial charge in [0.25, 0.3) is 5.91 Å². The molecule has 20 heavy (non-hydrogen) atoms. The molecule has 0 aliphatic carbocycles. The van der Waals surface area contributed by atoms with Crippen LogP contribution in [0.3, 0.4) is 0 Å². The first-order chi connectivity index (χ1) is 9.65. The van der Waals surface area contributed by atoms with Gasteiger partial charge in [-0.3, -0.25) is 14.8 Å². The highest BCUT2D eigenvalue weighted by molar-refractivity contribution is 7.99. The van der Waals surface area contributed by atoms with Crippen LogP contribution in [0, 0.1) is 0 Å². The minimum Gasteiger partial charge on any atom is -0.395 e. The van der Waals surface area contributed by atoms with Gasteiger partial charge >= 0.3 is 0 Å². The van der Waals surface area contributed by atoms with Crippen LogP contribution in [0.25, 0.3) is 11.0 Å². The lowest BCUT2D eigenvalue weighted by Gasteiger charge is -2.21. The lowest BCUT2D eigenvalue weighted by Crippen LogP contribution is -2.41. The van der Waals surface area contributed by atoms with E-state index in [0.29, 0.717) is 11.1 Å². The Kier molecular flexibility index (Phi) is 4.92. The van der Waals surface area contributed by atoms with Crippen molar-refractivity contribution in [3.8, 4) is 0 Å². The molecule has 0 aliphatic heterocycles. The Morgan fingerprint density at radius 2 is 2.05 bits per heavy atom. The van der Waals surface area contributed by atoms with Gasteiger partial charge in [-0.1, -0.05) is 0 Å². The van der Waals surface area contributed by atoms with Crippen molar-refractivity contribution >= 4 is 28.7 Å². The van der Waals surface area contributed by atoms with Gasteiger partial charge in [-0.05, 0) is 31.4 Å². The standard InChI is InChI=1S/C14H17N3O2S/c1-9(13(8-18)20-2)17-14(19)10-3-4-11-12(7-10)16-6-5-15-11/h3-7,9,13,18H,8H2,1-2H3,(H,17,19). The van der Waals surface area contributed by atoms with E-state index in [1.807, 2.05) is 13.2 Å². The second-order valence-electron chi connectivity index (χ2n) is 4.48. The predicted molar refractivity (Wildman–Crippen MR) is 80.9 cm³/mol. The van der Waals surface area contributed by atoms with Crippen LogP contribution < -0.4 is 5.32 Å². The monoisotopic (exact) mass is 291 g/mol. The topological polar surface area (TPSA) is 75.1 Å². The Morgan fingerprint density at radius 1 is 1.35 bits per heavy atom. The molecule has 2 N–H and O–H groups in total. The maximum Gasteiger partial charge on any atom is 0.251 e. The fraction of sp³-hybridized carbons (Fsp3) is 0.357. The number of aromatic nitrogens is 2. The summed E-state index contributed by atoms with van der Waals surface area (Å²) in [6, 6.07) is 5.11. The fourth-order valence-corrected chi connectivity index (χ4v) is 2.55. The molecule has 0 radical (unpaired) electrons. The van der Waals surface area contributed by atoms with Crippen LogP contribution in [0.15, 0.2) is 30.6 Å². The van der Waals surface area contributed by atoms with Crippen LogP contribution in [-0.4, -0.2) is 45.1 Å². The van der Waals surface area contributed by atoms with E-state index in [0.717, 1.165) is 5.52 Å². The summed E-state index contributed by atoms with van der Waals surface area (Å²) in [7, 11) is 0. The van der Waals surface area contributed by atoms with E-state index >= 15 is 0 Å². The van der Waals surface area contributed by atoms with Crippen LogP contribution in [-0.2, 0) is 0 Å². The van der Waals surface area contributed by atoms with Crippen molar-refractivity contribution in [3.63, 3.8) is 0 Å². The number of fused-ring (bicyclic) bond motifs is 1. The quantitative estimate of drug-likeness (QED) is 0.872. The number of thioether (sulfide) groups is 1. The van der Waals surface area contributed by atoms with Gasteiger partial charge in [0.15, 0.2) is 0 Å². The van der Waals surface area contributed by atoms with Gasteiger partial charge in [-0.2, -0.15) is 11.8 Å². The number of aliphatic hydroxyl groups is 1. The van der Waals surface area contributed by atoms with Gasteiger partial charge in [-0.15, -0.1) is 0 Å². The minimum atomic E-state index is -0.169. The van der Waals surface area contributed by atoms with E-state index < -0.39 is 0 Å². The molecule has 0 fully saturated rings. The SMILES string of the molecule is CSC(CO)C(C)NC(=O)c1ccc2nccnc2c1. The number of hydrogen-bond donors (Lipinski definition) is 2. The number of nitrogens with one attached hydrogen (secondary N) is 1. The first-order valence-electron chi connectivity index (χ1n) is 6.31. The lowest BCUT2D eigenvalue weighted by atomic mass is 10.1. The molecule has 2 aromatic rings. The van der Waals surface area contributed by atoms with Crippen molar-refractivity contribution in [2.75, 3.05) is 12.9 Å². The summed E-state index contributed by atoms with van der Waals surface area (Å²) in [5, 5.41) is 12.1. The average Bonchev–Trinajstić information content (AvgIpc) is 2.48. The summed E-state index contributed by atoms with van der Waals surface area (Å²) in [6.07, 6.45) is 5.13. The van der Waals surface area contributed by atoms with Crippen molar-refractivity contribution < 1.29 is 9.90 Å². The number of rotatable bonds is 5. The third-order valence-electron chi connectivity index (χ3n) is 3.13. The molecule has 106 valence electrons. The Hall–Kier alpha value is -1.66. The Labute approximate surface area is 121 Å². The van der Waals surface area contributed by atoms with Crippen molar-refractivity contribution in [1.29, 1.82) is 0 Å². The minimum absolute atomic E-state index is 0.0146.